The molecule has 0 saturated heterocycles. The van der Waals surface area contributed by atoms with Crippen molar-refractivity contribution in [2.24, 2.45) is 5.73 Å². The van der Waals surface area contributed by atoms with Gasteiger partial charge in [0, 0.05) is 24.5 Å². The molecule has 0 fully saturated rings. The molecule has 0 radical (unpaired) electrons. The van der Waals surface area contributed by atoms with Crippen molar-refractivity contribution >= 4 is 11.6 Å². The summed E-state index contributed by atoms with van der Waals surface area (Å²) in [6.07, 6.45) is 2.92. The van der Waals surface area contributed by atoms with Crippen molar-refractivity contribution in [2.75, 3.05) is 6.54 Å². The zero-order valence-corrected chi connectivity index (χ0v) is 11.8. The molecule has 2 aromatic rings. The summed E-state index contributed by atoms with van der Waals surface area (Å²) >= 11 is 0. The summed E-state index contributed by atoms with van der Waals surface area (Å²) in [6, 6.07) is 3.58. The first-order chi connectivity index (χ1) is 9.34. The van der Waals surface area contributed by atoms with Gasteiger partial charge in [-0.05, 0) is 38.5 Å². The second kappa shape index (κ2) is 5.05. The number of amides is 1. The number of hydrogen-bond acceptors (Lipinski definition) is 4. The molecule has 0 aliphatic carbocycles. The second-order valence-corrected chi connectivity index (χ2v) is 5.45. The van der Waals surface area contributed by atoms with Crippen molar-refractivity contribution in [3.63, 3.8) is 0 Å². The number of hydrogen-bond donors (Lipinski definition) is 2. The minimum absolute atomic E-state index is 0.00729. The zero-order valence-electron chi connectivity index (χ0n) is 11.8. The lowest BCUT2D eigenvalue weighted by Crippen LogP contribution is -2.50. The van der Waals surface area contributed by atoms with Crippen molar-refractivity contribution in [2.45, 2.75) is 26.3 Å². The number of nitrogens with zero attached hydrogens (tertiary/aromatic N) is 2. The fourth-order valence-electron chi connectivity index (χ4n) is 1.76. The first kappa shape index (κ1) is 14.2. The predicted molar refractivity (Wildman–Crippen MR) is 76.8 cm³/mol. The summed E-state index contributed by atoms with van der Waals surface area (Å²) in [5.41, 5.74) is 6.13. The Morgan fingerprint density at radius 2 is 2.20 bits per heavy atom. The Morgan fingerprint density at radius 3 is 2.85 bits per heavy atom. The Labute approximate surface area is 116 Å². The summed E-state index contributed by atoms with van der Waals surface area (Å²) in [4.78, 5) is 28.6. The zero-order chi connectivity index (χ0) is 14.9. The Hall–Kier alpha value is -2.21. The molecule has 20 heavy (non-hydrogen) atoms. The molecule has 0 aliphatic rings. The molecule has 0 aromatic carbocycles. The SMILES string of the molecule is Cc1ccn2c(=O)c(C(=O)NC(C)(C)CN)cnc2c1. The van der Waals surface area contributed by atoms with Gasteiger partial charge in [-0.25, -0.2) is 4.98 Å². The van der Waals surface area contributed by atoms with E-state index >= 15 is 0 Å². The van der Waals surface area contributed by atoms with E-state index in [9.17, 15) is 9.59 Å². The maximum absolute atomic E-state index is 12.3. The molecular weight excluding hydrogens is 256 g/mol. The van der Waals surface area contributed by atoms with Gasteiger partial charge < -0.3 is 11.1 Å². The minimum Gasteiger partial charge on any atom is -0.346 e. The van der Waals surface area contributed by atoms with Crippen LogP contribution in [-0.2, 0) is 0 Å². The smallest absolute Gasteiger partial charge is 0.270 e. The van der Waals surface area contributed by atoms with E-state index in [1.165, 1.54) is 10.6 Å². The normalized spacial score (nSPS) is 11.6. The van der Waals surface area contributed by atoms with Crippen molar-refractivity contribution < 1.29 is 4.79 Å². The van der Waals surface area contributed by atoms with Gasteiger partial charge in [0.2, 0.25) is 0 Å². The third-order valence-corrected chi connectivity index (χ3v) is 3.07. The first-order valence-corrected chi connectivity index (χ1v) is 6.35. The van der Waals surface area contributed by atoms with Crippen LogP contribution in [0.15, 0.2) is 29.3 Å². The van der Waals surface area contributed by atoms with Gasteiger partial charge in [-0.2, -0.15) is 0 Å². The van der Waals surface area contributed by atoms with E-state index in [2.05, 4.69) is 10.3 Å². The van der Waals surface area contributed by atoms with Crippen LogP contribution in [-0.4, -0.2) is 27.4 Å². The van der Waals surface area contributed by atoms with Gasteiger partial charge >= 0.3 is 0 Å². The van der Waals surface area contributed by atoms with Crippen LogP contribution >= 0.6 is 0 Å². The fraction of sp³-hybridized carbons (Fsp3) is 0.357. The van der Waals surface area contributed by atoms with E-state index in [0.717, 1.165) is 5.56 Å². The van der Waals surface area contributed by atoms with Gasteiger partial charge in [0.25, 0.3) is 11.5 Å². The predicted octanol–water partition coefficient (Wildman–Crippen LogP) is 0.470. The van der Waals surface area contributed by atoms with E-state index in [0.29, 0.717) is 5.65 Å². The third-order valence-electron chi connectivity index (χ3n) is 3.07. The van der Waals surface area contributed by atoms with Gasteiger partial charge in [0.15, 0.2) is 0 Å². The summed E-state index contributed by atoms with van der Waals surface area (Å²) in [5, 5.41) is 2.72. The molecule has 2 aromatic heterocycles. The monoisotopic (exact) mass is 274 g/mol. The van der Waals surface area contributed by atoms with Crippen LogP contribution in [0.4, 0.5) is 0 Å². The van der Waals surface area contributed by atoms with Crippen LogP contribution in [0.3, 0.4) is 0 Å². The topological polar surface area (TPSA) is 89.5 Å². The highest BCUT2D eigenvalue weighted by atomic mass is 16.2. The van der Waals surface area contributed by atoms with Crippen LogP contribution in [0.2, 0.25) is 0 Å². The van der Waals surface area contributed by atoms with Crippen LogP contribution in [0.5, 0.6) is 0 Å². The van der Waals surface area contributed by atoms with Crippen molar-refractivity contribution in [1.29, 1.82) is 0 Å². The van der Waals surface area contributed by atoms with E-state index in [1.807, 2.05) is 6.92 Å². The minimum atomic E-state index is -0.573. The van der Waals surface area contributed by atoms with Crippen molar-refractivity contribution in [3.8, 4) is 0 Å². The number of aromatic nitrogens is 2. The molecule has 0 saturated carbocycles. The number of fused-ring (bicyclic) bond motifs is 1. The van der Waals surface area contributed by atoms with E-state index in [4.69, 9.17) is 5.73 Å². The highest BCUT2D eigenvalue weighted by molar-refractivity contribution is 5.94. The van der Waals surface area contributed by atoms with Gasteiger partial charge in [-0.3, -0.25) is 14.0 Å². The highest BCUT2D eigenvalue weighted by Gasteiger charge is 2.21. The van der Waals surface area contributed by atoms with Crippen molar-refractivity contribution in [1.82, 2.24) is 14.7 Å². The molecule has 0 atom stereocenters. The number of aryl methyl sites for hydroxylation is 1. The molecule has 0 aliphatic heterocycles. The number of carbonyl (C=O) groups is 1. The average Bonchev–Trinajstić information content (AvgIpc) is 2.38. The quantitative estimate of drug-likeness (QED) is 0.851. The standard InChI is InChI=1S/C14H18N4O2/c1-9-4-5-18-11(6-9)16-7-10(13(18)20)12(19)17-14(2,3)8-15/h4-7H,8,15H2,1-3H3,(H,17,19). The summed E-state index contributed by atoms with van der Waals surface area (Å²) in [7, 11) is 0. The molecular formula is C14H18N4O2. The Kier molecular flexibility index (Phi) is 3.59. The van der Waals surface area contributed by atoms with Gasteiger partial charge in [-0.15, -0.1) is 0 Å². The largest absolute Gasteiger partial charge is 0.346 e. The molecule has 6 heteroatoms. The lowest BCUT2D eigenvalue weighted by molar-refractivity contribution is 0.0913. The first-order valence-electron chi connectivity index (χ1n) is 6.35. The van der Waals surface area contributed by atoms with Crippen molar-refractivity contribution in [3.05, 3.63) is 46.0 Å². The summed E-state index contributed by atoms with van der Waals surface area (Å²) in [6.45, 7) is 5.78. The number of pyridine rings is 1. The molecule has 1 amide bonds. The molecule has 6 nitrogen and oxygen atoms in total. The van der Waals surface area contributed by atoms with Gasteiger partial charge in [0.1, 0.15) is 11.2 Å². The van der Waals surface area contributed by atoms with Crippen LogP contribution in [0, 0.1) is 6.92 Å². The maximum atomic E-state index is 12.3. The third kappa shape index (κ3) is 2.70. The summed E-state index contributed by atoms with van der Waals surface area (Å²) in [5.74, 6) is -0.465. The second-order valence-electron chi connectivity index (χ2n) is 5.45. The molecule has 0 unspecified atom stereocenters. The van der Waals surface area contributed by atoms with E-state index < -0.39 is 11.4 Å². The lowest BCUT2D eigenvalue weighted by Gasteiger charge is -2.23. The Morgan fingerprint density at radius 1 is 1.50 bits per heavy atom. The molecule has 3 N–H and O–H groups in total. The Balaban J connectivity index is 2.46. The molecule has 0 bridgehead atoms. The molecule has 106 valence electrons. The van der Waals surface area contributed by atoms with Crippen LogP contribution in [0.25, 0.3) is 5.65 Å². The maximum Gasteiger partial charge on any atom is 0.270 e. The molecule has 0 spiro atoms. The number of carbonyl (C=O) groups excluding carboxylic acids is 1. The Bertz CT molecular complexity index is 719. The number of nitrogens with one attached hydrogen (secondary N) is 1. The number of nitrogens with two attached hydrogens (primary N) is 1. The van der Waals surface area contributed by atoms with Crippen LogP contribution in [0.1, 0.15) is 29.8 Å². The summed E-state index contributed by atoms with van der Waals surface area (Å²) < 4.78 is 1.36. The number of rotatable bonds is 3. The van der Waals surface area contributed by atoms with Crippen LogP contribution < -0.4 is 16.6 Å². The highest BCUT2D eigenvalue weighted by Crippen LogP contribution is 2.04. The lowest BCUT2D eigenvalue weighted by atomic mass is 10.1. The van der Waals surface area contributed by atoms with Gasteiger partial charge in [-0.1, -0.05) is 0 Å². The van der Waals surface area contributed by atoms with E-state index in [-0.39, 0.29) is 17.7 Å². The molecule has 2 rings (SSSR count). The van der Waals surface area contributed by atoms with E-state index in [1.54, 1.807) is 32.2 Å². The molecule has 2 heterocycles. The fourth-order valence-corrected chi connectivity index (χ4v) is 1.76. The van der Waals surface area contributed by atoms with Gasteiger partial charge in [0.05, 0.1) is 0 Å². The average molecular weight is 274 g/mol.